The highest BCUT2D eigenvalue weighted by Gasteiger charge is 2.19. The van der Waals surface area contributed by atoms with E-state index >= 15 is 0 Å². The minimum atomic E-state index is -1.26. The Morgan fingerprint density at radius 2 is 2.16 bits per heavy atom. The number of imidazole rings is 1. The maximum absolute atomic E-state index is 11.7. The van der Waals surface area contributed by atoms with Crippen molar-refractivity contribution in [1.82, 2.24) is 9.55 Å². The number of nitrogens with one attached hydrogen (secondary N) is 1. The fraction of sp³-hybridized carbons (Fsp3) is 0.167. The second-order valence-electron chi connectivity index (χ2n) is 3.90. The van der Waals surface area contributed by atoms with Gasteiger partial charge in [0.25, 0.3) is 0 Å². The number of methoxy groups -OCH3 is 1. The summed E-state index contributed by atoms with van der Waals surface area (Å²) in [6, 6.07) is 7.05. The SMILES string of the molecule is COc1ccccc1Cn1c(C(=O)O)c(N)[nH]c1=O. The molecule has 7 heteroatoms. The summed E-state index contributed by atoms with van der Waals surface area (Å²) in [5.74, 6) is -0.844. The summed E-state index contributed by atoms with van der Waals surface area (Å²) < 4.78 is 6.23. The summed E-state index contributed by atoms with van der Waals surface area (Å²) in [7, 11) is 1.51. The number of hydrogen-bond donors (Lipinski definition) is 3. The minimum absolute atomic E-state index is 0.0676. The molecule has 0 radical (unpaired) electrons. The van der Waals surface area contributed by atoms with Crippen molar-refractivity contribution in [2.24, 2.45) is 0 Å². The molecule has 1 aromatic carbocycles. The van der Waals surface area contributed by atoms with Crippen molar-refractivity contribution in [3.05, 3.63) is 46.0 Å². The molecule has 1 aromatic heterocycles. The highest BCUT2D eigenvalue weighted by atomic mass is 16.5. The predicted molar refractivity (Wildman–Crippen MR) is 68.5 cm³/mol. The van der Waals surface area contributed by atoms with Crippen molar-refractivity contribution in [3.63, 3.8) is 0 Å². The first-order valence-electron chi connectivity index (χ1n) is 5.48. The Morgan fingerprint density at radius 3 is 2.79 bits per heavy atom. The van der Waals surface area contributed by atoms with E-state index in [9.17, 15) is 9.59 Å². The molecule has 2 rings (SSSR count). The van der Waals surface area contributed by atoms with Crippen LogP contribution in [0.1, 0.15) is 16.1 Å². The quantitative estimate of drug-likeness (QED) is 0.744. The number of ether oxygens (including phenoxy) is 1. The molecule has 1 heterocycles. The molecule has 0 spiro atoms. The molecule has 0 bridgehead atoms. The summed E-state index contributed by atoms with van der Waals surface area (Å²) >= 11 is 0. The van der Waals surface area contributed by atoms with E-state index in [1.807, 2.05) is 0 Å². The molecule has 0 saturated heterocycles. The number of benzene rings is 1. The van der Waals surface area contributed by atoms with Gasteiger partial charge in [0.2, 0.25) is 0 Å². The Hall–Kier alpha value is -2.70. The molecule has 19 heavy (non-hydrogen) atoms. The van der Waals surface area contributed by atoms with Gasteiger partial charge in [-0.2, -0.15) is 0 Å². The van der Waals surface area contributed by atoms with E-state index in [0.717, 1.165) is 4.57 Å². The van der Waals surface area contributed by atoms with Crippen molar-refractivity contribution in [2.75, 3.05) is 12.8 Å². The van der Waals surface area contributed by atoms with Crippen LogP contribution in [-0.4, -0.2) is 27.7 Å². The molecule has 0 aliphatic rings. The molecule has 0 aliphatic carbocycles. The van der Waals surface area contributed by atoms with Gasteiger partial charge in [-0.3, -0.25) is 9.55 Å². The second kappa shape index (κ2) is 4.89. The average Bonchev–Trinajstić information content (AvgIpc) is 2.65. The normalized spacial score (nSPS) is 10.4. The molecule has 0 fully saturated rings. The van der Waals surface area contributed by atoms with Crippen LogP contribution >= 0.6 is 0 Å². The number of aromatic nitrogens is 2. The molecule has 0 unspecified atom stereocenters. The van der Waals surface area contributed by atoms with Gasteiger partial charge in [0.1, 0.15) is 11.6 Å². The van der Waals surface area contributed by atoms with Gasteiger partial charge in [-0.15, -0.1) is 0 Å². The van der Waals surface area contributed by atoms with Gasteiger partial charge >= 0.3 is 11.7 Å². The number of nitrogens with zero attached hydrogens (tertiary/aromatic N) is 1. The average molecular weight is 263 g/mol. The number of hydrogen-bond acceptors (Lipinski definition) is 4. The Kier molecular flexibility index (Phi) is 3.28. The first-order chi connectivity index (χ1) is 9.04. The number of para-hydroxylation sites is 1. The lowest BCUT2D eigenvalue weighted by Crippen LogP contribution is -2.22. The van der Waals surface area contributed by atoms with E-state index in [1.165, 1.54) is 7.11 Å². The maximum Gasteiger partial charge on any atom is 0.356 e. The number of anilines is 1. The maximum atomic E-state index is 11.7. The van der Waals surface area contributed by atoms with E-state index in [1.54, 1.807) is 24.3 Å². The number of H-pyrrole nitrogens is 1. The lowest BCUT2D eigenvalue weighted by Gasteiger charge is -2.09. The third-order valence-electron chi connectivity index (χ3n) is 2.74. The summed E-state index contributed by atoms with van der Waals surface area (Å²) in [6.07, 6.45) is 0. The molecule has 0 atom stereocenters. The van der Waals surface area contributed by atoms with Gasteiger partial charge in [0, 0.05) is 5.56 Å². The molecule has 0 aliphatic heterocycles. The Balaban J connectivity index is 2.49. The molecule has 2 aromatic rings. The number of carbonyl (C=O) groups is 1. The molecule has 7 nitrogen and oxygen atoms in total. The summed E-state index contributed by atoms with van der Waals surface area (Å²) in [6.45, 7) is 0.0676. The van der Waals surface area contributed by atoms with Crippen LogP contribution in [0.4, 0.5) is 5.82 Å². The third-order valence-corrected chi connectivity index (χ3v) is 2.74. The Bertz CT molecular complexity index is 672. The number of carboxylic acid groups (broad SMARTS) is 1. The van der Waals surface area contributed by atoms with Gasteiger partial charge in [-0.1, -0.05) is 18.2 Å². The van der Waals surface area contributed by atoms with Crippen LogP contribution in [0.25, 0.3) is 0 Å². The van der Waals surface area contributed by atoms with E-state index in [-0.39, 0.29) is 18.1 Å². The molecule has 4 N–H and O–H groups in total. The van der Waals surface area contributed by atoms with Gasteiger partial charge in [0.15, 0.2) is 5.69 Å². The van der Waals surface area contributed by atoms with Crippen LogP contribution in [0.2, 0.25) is 0 Å². The van der Waals surface area contributed by atoms with E-state index in [2.05, 4.69) is 4.98 Å². The van der Waals surface area contributed by atoms with E-state index in [4.69, 9.17) is 15.6 Å². The van der Waals surface area contributed by atoms with Crippen molar-refractivity contribution in [2.45, 2.75) is 6.54 Å². The number of aromatic carboxylic acids is 1. The Labute approximate surface area is 108 Å². The van der Waals surface area contributed by atoms with Gasteiger partial charge in [0.05, 0.1) is 13.7 Å². The molecule has 100 valence electrons. The number of rotatable bonds is 4. The topological polar surface area (TPSA) is 110 Å². The number of aromatic amines is 1. The fourth-order valence-corrected chi connectivity index (χ4v) is 1.87. The Morgan fingerprint density at radius 1 is 1.47 bits per heavy atom. The number of nitrogens with two attached hydrogens (primary N) is 1. The summed E-state index contributed by atoms with van der Waals surface area (Å²) in [5.41, 5.74) is 5.34. The fourth-order valence-electron chi connectivity index (χ4n) is 1.87. The molecular formula is C12H13N3O4. The van der Waals surface area contributed by atoms with Crippen LogP contribution in [0.3, 0.4) is 0 Å². The highest BCUT2D eigenvalue weighted by Crippen LogP contribution is 2.19. The first-order valence-corrected chi connectivity index (χ1v) is 5.48. The van der Waals surface area contributed by atoms with Crippen LogP contribution in [0, 0.1) is 0 Å². The third kappa shape index (κ3) is 2.30. The van der Waals surface area contributed by atoms with E-state index in [0.29, 0.717) is 11.3 Å². The van der Waals surface area contributed by atoms with Gasteiger partial charge in [-0.05, 0) is 6.07 Å². The van der Waals surface area contributed by atoms with Crippen molar-refractivity contribution in [1.29, 1.82) is 0 Å². The van der Waals surface area contributed by atoms with Crippen molar-refractivity contribution >= 4 is 11.8 Å². The first kappa shape index (κ1) is 12.7. The standard InChI is InChI=1S/C12H13N3O4/c1-19-8-5-3-2-4-7(8)6-15-9(11(16)17)10(13)14-12(15)18/h2-5H,6,13H2,1H3,(H,14,18)(H,16,17). The monoisotopic (exact) mass is 263 g/mol. The minimum Gasteiger partial charge on any atom is -0.496 e. The molecular weight excluding hydrogens is 250 g/mol. The van der Waals surface area contributed by atoms with Crippen LogP contribution in [0.15, 0.2) is 29.1 Å². The molecule has 0 saturated carbocycles. The lowest BCUT2D eigenvalue weighted by molar-refractivity contribution is 0.0686. The zero-order chi connectivity index (χ0) is 14.0. The molecule has 0 amide bonds. The zero-order valence-electron chi connectivity index (χ0n) is 10.2. The smallest absolute Gasteiger partial charge is 0.356 e. The summed E-state index contributed by atoms with van der Waals surface area (Å²) in [4.78, 5) is 25.1. The number of carboxylic acids is 1. The summed E-state index contributed by atoms with van der Waals surface area (Å²) in [5, 5.41) is 9.07. The lowest BCUT2D eigenvalue weighted by atomic mass is 10.2. The zero-order valence-corrected chi connectivity index (χ0v) is 10.2. The van der Waals surface area contributed by atoms with Crippen molar-refractivity contribution < 1.29 is 14.6 Å². The number of nitrogen functional groups attached to an aromatic ring is 1. The largest absolute Gasteiger partial charge is 0.496 e. The van der Waals surface area contributed by atoms with Gasteiger partial charge in [-0.25, -0.2) is 9.59 Å². The van der Waals surface area contributed by atoms with Crippen molar-refractivity contribution in [3.8, 4) is 5.75 Å². The van der Waals surface area contributed by atoms with Gasteiger partial charge < -0.3 is 15.6 Å². The van der Waals surface area contributed by atoms with Crippen LogP contribution in [0.5, 0.6) is 5.75 Å². The van der Waals surface area contributed by atoms with E-state index < -0.39 is 11.7 Å². The highest BCUT2D eigenvalue weighted by molar-refractivity contribution is 5.90. The van der Waals surface area contributed by atoms with Crippen LogP contribution in [-0.2, 0) is 6.54 Å². The van der Waals surface area contributed by atoms with Crippen LogP contribution < -0.4 is 16.2 Å². The second-order valence-corrected chi connectivity index (χ2v) is 3.90. The predicted octanol–water partition coefficient (Wildman–Crippen LogP) is 0.514.